The Morgan fingerprint density at radius 3 is 2.58 bits per heavy atom. The quantitative estimate of drug-likeness (QED) is 0.574. The lowest BCUT2D eigenvalue weighted by atomic mass is 10.1. The van der Waals surface area contributed by atoms with Crippen LogP contribution in [0.5, 0.6) is 0 Å². The highest BCUT2D eigenvalue weighted by Crippen LogP contribution is 2.14. The first-order chi connectivity index (χ1) is 9.19. The highest BCUT2D eigenvalue weighted by atomic mass is 16.2. The zero-order valence-corrected chi connectivity index (χ0v) is 11.4. The third kappa shape index (κ3) is 4.15. The van der Waals surface area contributed by atoms with Gasteiger partial charge in [0.25, 0.3) is 0 Å². The van der Waals surface area contributed by atoms with Crippen LogP contribution < -0.4 is 16.0 Å². The molecule has 2 saturated heterocycles. The first-order valence-electron chi connectivity index (χ1n) is 6.94. The summed E-state index contributed by atoms with van der Waals surface area (Å²) in [5, 5.41) is 8.19. The molecule has 2 fully saturated rings. The SMILES string of the molecule is CCNC(=O)NC(=O)CN1CC(N2CCNCC2)C1. The van der Waals surface area contributed by atoms with Gasteiger partial charge in [-0.15, -0.1) is 0 Å². The summed E-state index contributed by atoms with van der Waals surface area (Å²) in [6.45, 7) is 8.76. The highest BCUT2D eigenvalue weighted by Gasteiger charge is 2.33. The number of carbonyl (C=O) groups is 2. The van der Waals surface area contributed by atoms with E-state index in [0.29, 0.717) is 19.1 Å². The van der Waals surface area contributed by atoms with E-state index in [-0.39, 0.29) is 5.91 Å². The van der Waals surface area contributed by atoms with Crippen molar-refractivity contribution in [1.29, 1.82) is 0 Å². The average Bonchev–Trinajstić information content (AvgIpc) is 2.34. The number of hydrogen-bond acceptors (Lipinski definition) is 5. The molecule has 19 heavy (non-hydrogen) atoms. The number of piperazine rings is 1. The number of likely N-dealkylation sites (tertiary alicyclic amines) is 1. The Hall–Kier alpha value is -1.18. The van der Waals surface area contributed by atoms with Gasteiger partial charge in [0.1, 0.15) is 0 Å². The van der Waals surface area contributed by atoms with Gasteiger partial charge in [-0.25, -0.2) is 4.79 Å². The molecule has 0 saturated carbocycles. The first kappa shape index (κ1) is 14.2. The highest BCUT2D eigenvalue weighted by molar-refractivity contribution is 5.95. The normalized spacial score (nSPS) is 21.7. The minimum atomic E-state index is -0.410. The molecule has 0 atom stereocenters. The molecule has 2 aliphatic heterocycles. The van der Waals surface area contributed by atoms with Crippen molar-refractivity contribution in [2.24, 2.45) is 0 Å². The maximum Gasteiger partial charge on any atom is 0.321 e. The number of imide groups is 1. The molecular weight excluding hydrogens is 246 g/mol. The first-order valence-corrected chi connectivity index (χ1v) is 6.94. The fraction of sp³-hybridized carbons (Fsp3) is 0.833. The van der Waals surface area contributed by atoms with Crippen molar-refractivity contribution in [3.63, 3.8) is 0 Å². The zero-order chi connectivity index (χ0) is 13.7. The van der Waals surface area contributed by atoms with Gasteiger partial charge in [0.2, 0.25) is 5.91 Å². The molecule has 7 nitrogen and oxygen atoms in total. The minimum Gasteiger partial charge on any atom is -0.338 e. The van der Waals surface area contributed by atoms with Crippen LogP contribution in [0.1, 0.15) is 6.92 Å². The predicted octanol–water partition coefficient (Wildman–Crippen LogP) is -1.58. The lowest BCUT2D eigenvalue weighted by Gasteiger charge is -2.46. The van der Waals surface area contributed by atoms with Crippen molar-refractivity contribution in [2.75, 3.05) is 52.4 Å². The van der Waals surface area contributed by atoms with Crippen molar-refractivity contribution >= 4 is 11.9 Å². The van der Waals surface area contributed by atoms with Crippen LogP contribution in [0.25, 0.3) is 0 Å². The molecule has 2 rings (SSSR count). The molecule has 0 aromatic heterocycles. The molecular formula is C12H23N5O2. The fourth-order valence-corrected chi connectivity index (χ4v) is 2.52. The van der Waals surface area contributed by atoms with E-state index in [1.165, 1.54) is 0 Å². The summed E-state index contributed by atoms with van der Waals surface area (Å²) in [5.41, 5.74) is 0. The number of amides is 3. The number of urea groups is 1. The lowest BCUT2D eigenvalue weighted by molar-refractivity contribution is -0.123. The Morgan fingerprint density at radius 1 is 1.26 bits per heavy atom. The van der Waals surface area contributed by atoms with Crippen LogP contribution in [-0.4, -0.2) is 80.1 Å². The standard InChI is InChI=1S/C12H23N5O2/c1-2-14-12(19)15-11(18)9-16-7-10(8-16)17-5-3-13-4-6-17/h10,13H,2-9H2,1H3,(H2,14,15,18,19). The van der Waals surface area contributed by atoms with E-state index >= 15 is 0 Å². The monoisotopic (exact) mass is 269 g/mol. The van der Waals surface area contributed by atoms with Gasteiger partial charge in [0.15, 0.2) is 0 Å². The molecule has 108 valence electrons. The number of hydrogen-bond donors (Lipinski definition) is 3. The fourth-order valence-electron chi connectivity index (χ4n) is 2.52. The van der Waals surface area contributed by atoms with Gasteiger partial charge < -0.3 is 10.6 Å². The van der Waals surface area contributed by atoms with Crippen molar-refractivity contribution < 1.29 is 9.59 Å². The van der Waals surface area contributed by atoms with Gasteiger partial charge in [0, 0.05) is 51.9 Å². The molecule has 0 unspecified atom stereocenters. The number of rotatable bonds is 4. The van der Waals surface area contributed by atoms with Gasteiger partial charge in [0.05, 0.1) is 6.54 Å². The third-order valence-electron chi connectivity index (χ3n) is 3.56. The number of nitrogens with one attached hydrogen (secondary N) is 3. The second-order valence-electron chi connectivity index (χ2n) is 5.04. The predicted molar refractivity (Wildman–Crippen MR) is 71.9 cm³/mol. The van der Waals surface area contributed by atoms with Crippen LogP contribution >= 0.6 is 0 Å². The van der Waals surface area contributed by atoms with E-state index in [1.54, 1.807) is 0 Å². The van der Waals surface area contributed by atoms with Gasteiger partial charge in [-0.05, 0) is 6.92 Å². The van der Waals surface area contributed by atoms with Crippen LogP contribution in [0.2, 0.25) is 0 Å². The Balaban J connectivity index is 1.61. The maximum absolute atomic E-state index is 11.6. The summed E-state index contributed by atoms with van der Waals surface area (Å²) in [7, 11) is 0. The molecule has 2 aliphatic rings. The van der Waals surface area contributed by atoms with Gasteiger partial charge in [-0.3, -0.25) is 19.9 Å². The van der Waals surface area contributed by atoms with Crippen LogP contribution in [0.4, 0.5) is 4.79 Å². The van der Waals surface area contributed by atoms with Crippen molar-refractivity contribution in [1.82, 2.24) is 25.8 Å². The Bertz CT molecular complexity index is 324. The molecule has 0 bridgehead atoms. The third-order valence-corrected chi connectivity index (χ3v) is 3.56. The van der Waals surface area contributed by atoms with Gasteiger partial charge in [-0.1, -0.05) is 0 Å². The molecule has 3 N–H and O–H groups in total. The molecule has 7 heteroatoms. The zero-order valence-electron chi connectivity index (χ0n) is 11.4. The maximum atomic E-state index is 11.6. The molecule has 3 amide bonds. The summed E-state index contributed by atoms with van der Waals surface area (Å²) >= 11 is 0. The summed E-state index contributed by atoms with van der Waals surface area (Å²) < 4.78 is 0. The van der Waals surface area contributed by atoms with Crippen molar-refractivity contribution in [2.45, 2.75) is 13.0 Å². The molecule has 0 aromatic rings. The Morgan fingerprint density at radius 2 is 1.95 bits per heavy atom. The summed E-state index contributed by atoms with van der Waals surface area (Å²) in [6, 6.07) is 0.158. The Kier molecular flexibility index (Phi) is 5.12. The van der Waals surface area contributed by atoms with E-state index in [1.807, 2.05) is 6.92 Å². The van der Waals surface area contributed by atoms with Gasteiger partial charge >= 0.3 is 6.03 Å². The Labute approximate surface area is 113 Å². The average molecular weight is 269 g/mol. The van der Waals surface area contributed by atoms with Crippen LogP contribution in [0.15, 0.2) is 0 Å². The van der Waals surface area contributed by atoms with Crippen LogP contribution in [0.3, 0.4) is 0 Å². The second kappa shape index (κ2) is 6.83. The van der Waals surface area contributed by atoms with E-state index in [4.69, 9.17) is 0 Å². The molecule has 0 spiro atoms. The number of nitrogens with zero attached hydrogens (tertiary/aromatic N) is 2. The van der Waals surface area contributed by atoms with Crippen molar-refractivity contribution in [3.8, 4) is 0 Å². The van der Waals surface area contributed by atoms with Crippen LogP contribution in [0, 0.1) is 0 Å². The molecule has 0 radical (unpaired) electrons. The van der Waals surface area contributed by atoms with Crippen molar-refractivity contribution in [3.05, 3.63) is 0 Å². The topological polar surface area (TPSA) is 76.7 Å². The van der Waals surface area contributed by atoms with Crippen LogP contribution in [-0.2, 0) is 4.79 Å². The largest absolute Gasteiger partial charge is 0.338 e. The molecule has 2 heterocycles. The summed E-state index contributed by atoms with van der Waals surface area (Å²) in [6.07, 6.45) is 0. The second-order valence-corrected chi connectivity index (χ2v) is 5.04. The smallest absolute Gasteiger partial charge is 0.321 e. The van der Waals surface area contributed by atoms with E-state index in [9.17, 15) is 9.59 Å². The number of carbonyl (C=O) groups excluding carboxylic acids is 2. The van der Waals surface area contributed by atoms with E-state index in [2.05, 4.69) is 25.8 Å². The summed E-state index contributed by atoms with van der Waals surface area (Å²) in [4.78, 5) is 27.3. The summed E-state index contributed by atoms with van der Waals surface area (Å²) in [5.74, 6) is -0.232. The van der Waals surface area contributed by atoms with E-state index in [0.717, 1.165) is 39.3 Å². The minimum absolute atomic E-state index is 0.232. The molecule has 0 aliphatic carbocycles. The van der Waals surface area contributed by atoms with Gasteiger partial charge in [-0.2, -0.15) is 0 Å². The lowest BCUT2D eigenvalue weighted by Crippen LogP contribution is -2.64. The molecule has 0 aromatic carbocycles. The van der Waals surface area contributed by atoms with E-state index < -0.39 is 6.03 Å².